The number of para-hydroxylation sites is 2. The number of nitrogens with one attached hydrogen (secondary N) is 1. The summed E-state index contributed by atoms with van der Waals surface area (Å²) in [4.78, 5) is 24.8. The fourth-order valence-corrected chi connectivity index (χ4v) is 5.31. The SMILES string of the molecule is O=C(O)Cn1c2c(c3cccc(Cl)c31)CC(C(=O)C1CNc3ccccc31)CC2. The van der Waals surface area contributed by atoms with Crippen molar-refractivity contribution in [3.63, 3.8) is 0 Å². The van der Waals surface area contributed by atoms with Crippen LogP contribution < -0.4 is 5.32 Å². The lowest BCUT2D eigenvalue weighted by atomic mass is 9.78. The van der Waals surface area contributed by atoms with Crippen LogP contribution in [-0.2, 0) is 29.0 Å². The van der Waals surface area contributed by atoms with Gasteiger partial charge in [-0.3, -0.25) is 9.59 Å². The second kappa shape index (κ2) is 6.92. The molecule has 2 heterocycles. The second-order valence-corrected chi connectivity index (χ2v) is 8.31. The Kier molecular flexibility index (Phi) is 4.36. The summed E-state index contributed by atoms with van der Waals surface area (Å²) in [6.45, 7) is 0.530. The van der Waals surface area contributed by atoms with Crippen molar-refractivity contribution in [3.8, 4) is 0 Å². The summed E-state index contributed by atoms with van der Waals surface area (Å²) in [5, 5.41) is 14.3. The van der Waals surface area contributed by atoms with Crippen molar-refractivity contribution >= 4 is 39.9 Å². The predicted molar refractivity (Wildman–Crippen MR) is 113 cm³/mol. The third kappa shape index (κ3) is 2.92. The average molecular weight is 409 g/mol. The number of benzene rings is 2. The van der Waals surface area contributed by atoms with Crippen molar-refractivity contribution in [1.82, 2.24) is 4.57 Å². The molecule has 2 N–H and O–H groups in total. The van der Waals surface area contributed by atoms with Gasteiger partial charge in [0.1, 0.15) is 12.3 Å². The molecular formula is C23H21ClN2O3. The van der Waals surface area contributed by atoms with E-state index >= 15 is 0 Å². The molecule has 2 aromatic carbocycles. The molecule has 0 fully saturated rings. The Labute approximate surface area is 173 Å². The maximum absolute atomic E-state index is 13.4. The van der Waals surface area contributed by atoms with Gasteiger partial charge >= 0.3 is 5.97 Å². The van der Waals surface area contributed by atoms with E-state index < -0.39 is 5.97 Å². The lowest BCUT2D eigenvalue weighted by molar-refractivity contribution is -0.137. The highest BCUT2D eigenvalue weighted by Crippen LogP contribution is 2.40. The molecule has 0 bridgehead atoms. The minimum Gasteiger partial charge on any atom is -0.480 e. The minimum atomic E-state index is -0.892. The number of halogens is 1. The molecule has 2 aliphatic rings. The minimum absolute atomic E-state index is 0.0664. The summed E-state index contributed by atoms with van der Waals surface area (Å²) >= 11 is 6.44. The number of anilines is 1. The van der Waals surface area contributed by atoms with Crippen molar-refractivity contribution in [2.75, 3.05) is 11.9 Å². The van der Waals surface area contributed by atoms with Gasteiger partial charge in [0.15, 0.2) is 0 Å². The molecule has 1 aromatic heterocycles. The molecule has 6 heteroatoms. The molecule has 0 amide bonds. The smallest absolute Gasteiger partial charge is 0.323 e. The Bertz CT molecular complexity index is 1150. The summed E-state index contributed by atoms with van der Waals surface area (Å²) in [6, 6.07) is 13.7. The predicted octanol–water partition coefficient (Wildman–Crippen LogP) is 4.26. The van der Waals surface area contributed by atoms with Crippen LogP contribution in [0.1, 0.15) is 29.2 Å². The average Bonchev–Trinajstić information content (AvgIpc) is 3.27. The van der Waals surface area contributed by atoms with E-state index in [0.29, 0.717) is 24.4 Å². The van der Waals surface area contributed by atoms with Crippen LogP contribution in [0.3, 0.4) is 0 Å². The molecule has 3 aromatic rings. The van der Waals surface area contributed by atoms with Crippen molar-refractivity contribution in [2.24, 2.45) is 5.92 Å². The Morgan fingerprint density at radius 3 is 2.83 bits per heavy atom. The number of aromatic nitrogens is 1. The zero-order chi connectivity index (χ0) is 20.1. The van der Waals surface area contributed by atoms with Crippen molar-refractivity contribution < 1.29 is 14.7 Å². The summed E-state index contributed by atoms with van der Waals surface area (Å²) < 4.78 is 1.82. The number of nitrogens with zero attached hydrogens (tertiary/aromatic N) is 1. The van der Waals surface area contributed by atoms with E-state index in [2.05, 4.69) is 5.32 Å². The van der Waals surface area contributed by atoms with E-state index in [1.807, 2.05) is 41.0 Å². The lowest BCUT2D eigenvalue weighted by Crippen LogP contribution is -2.29. The topological polar surface area (TPSA) is 71.3 Å². The van der Waals surface area contributed by atoms with Crippen LogP contribution >= 0.6 is 11.6 Å². The van der Waals surface area contributed by atoms with E-state index in [-0.39, 0.29) is 24.2 Å². The standard InChI is InChI=1S/C23H21ClN2O3/c24-18-6-3-5-15-16-10-13(8-9-20(16)26(22(15)18)12-21(27)28)23(29)17-11-25-19-7-2-1-4-14(17)19/h1-7,13,17,25H,8-12H2,(H,27,28). The van der Waals surface area contributed by atoms with Gasteiger partial charge in [-0.15, -0.1) is 0 Å². The van der Waals surface area contributed by atoms with Gasteiger partial charge in [-0.05, 0) is 42.5 Å². The number of carboxylic acid groups (broad SMARTS) is 1. The number of carbonyl (C=O) groups is 2. The number of hydrogen-bond donors (Lipinski definition) is 2. The fourth-order valence-electron chi connectivity index (χ4n) is 5.03. The first kappa shape index (κ1) is 18.3. The Balaban J connectivity index is 1.52. The molecule has 148 valence electrons. The highest BCUT2D eigenvalue weighted by atomic mass is 35.5. The van der Waals surface area contributed by atoms with Crippen molar-refractivity contribution in [1.29, 1.82) is 0 Å². The number of ketones is 1. The quantitative estimate of drug-likeness (QED) is 0.676. The zero-order valence-electron chi connectivity index (χ0n) is 15.8. The van der Waals surface area contributed by atoms with Gasteiger partial charge in [0, 0.05) is 29.2 Å². The number of carboxylic acids is 1. The maximum Gasteiger partial charge on any atom is 0.323 e. The molecule has 1 aliphatic carbocycles. The molecule has 0 saturated carbocycles. The number of rotatable bonds is 4. The number of hydrogen-bond acceptors (Lipinski definition) is 3. The van der Waals surface area contributed by atoms with Gasteiger partial charge in [-0.2, -0.15) is 0 Å². The van der Waals surface area contributed by atoms with Crippen LogP contribution in [0.2, 0.25) is 5.02 Å². The lowest BCUT2D eigenvalue weighted by Gasteiger charge is -2.25. The van der Waals surface area contributed by atoms with E-state index in [9.17, 15) is 14.7 Å². The second-order valence-electron chi connectivity index (χ2n) is 7.90. The Morgan fingerprint density at radius 2 is 2.00 bits per heavy atom. The third-order valence-corrected chi connectivity index (χ3v) is 6.61. The van der Waals surface area contributed by atoms with Gasteiger partial charge in [0.05, 0.1) is 16.5 Å². The third-order valence-electron chi connectivity index (χ3n) is 6.31. The molecule has 0 spiro atoms. The van der Waals surface area contributed by atoms with Gasteiger partial charge in [0.25, 0.3) is 0 Å². The van der Waals surface area contributed by atoms with Crippen LogP contribution in [0.5, 0.6) is 0 Å². The van der Waals surface area contributed by atoms with E-state index in [1.165, 1.54) is 0 Å². The molecular weight excluding hydrogens is 388 g/mol. The number of Topliss-reactive ketones (excluding diaryl/α,β-unsaturated/α-hetero) is 1. The first-order chi connectivity index (χ1) is 14.0. The number of fused-ring (bicyclic) bond motifs is 4. The molecule has 1 aliphatic heterocycles. The van der Waals surface area contributed by atoms with Crippen LogP contribution in [0.4, 0.5) is 5.69 Å². The maximum atomic E-state index is 13.4. The molecule has 29 heavy (non-hydrogen) atoms. The van der Waals surface area contributed by atoms with Crippen molar-refractivity contribution in [2.45, 2.75) is 31.7 Å². The number of aliphatic carboxylic acids is 1. The van der Waals surface area contributed by atoms with E-state index in [0.717, 1.165) is 39.8 Å². The van der Waals surface area contributed by atoms with Crippen LogP contribution in [0.25, 0.3) is 10.9 Å². The normalized spacial score (nSPS) is 20.2. The Morgan fingerprint density at radius 1 is 1.17 bits per heavy atom. The van der Waals surface area contributed by atoms with Crippen molar-refractivity contribution in [3.05, 3.63) is 64.3 Å². The summed E-state index contributed by atoms with van der Waals surface area (Å²) in [5.74, 6) is -0.803. The number of carbonyl (C=O) groups excluding carboxylic acids is 1. The van der Waals surface area contributed by atoms with E-state index in [1.54, 1.807) is 6.07 Å². The first-order valence-electron chi connectivity index (χ1n) is 9.91. The molecule has 5 nitrogen and oxygen atoms in total. The largest absolute Gasteiger partial charge is 0.480 e. The summed E-state index contributed by atoms with van der Waals surface area (Å²) in [6.07, 6.45) is 2.06. The highest BCUT2D eigenvalue weighted by Gasteiger charge is 2.36. The zero-order valence-corrected chi connectivity index (χ0v) is 16.6. The van der Waals surface area contributed by atoms with E-state index in [4.69, 9.17) is 11.6 Å². The van der Waals surface area contributed by atoms with Crippen LogP contribution in [-0.4, -0.2) is 28.0 Å². The molecule has 0 radical (unpaired) electrons. The van der Waals surface area contributed by atoms with Crippen LogP contribution in [0, 0.1) is 5.92 Å². The summed E-state index contributed by atoms with van der Waals surface area (Å²) in [7, 11) is 0. The van der Waals surface area contributed by atoms with Gasteiger partial charge in [-0.25, -0.2) is 0 Å². The molecule has 2 unspecified atom stereocenters. The highest BCUT2D eigenvalue weighted by molar-refractivity contribution is 6.35. The molecule has 0 saturated heterocycles. The monoisotopic (exact) mass is 408 g/mol. The molecule has 2 atom stereocenters. The van der Waals surface area contributed by atoms with Crippen LogP contribution in [0.15, 0.2) is 42.5 Å². The van der Waals surface area contributed by atoms with Gasteiger partial charge in [0.2, 0.25) is 0 Å². The Hall–Kier alpha value is -2.79. The first-order valence-corrected chi connectivity index (χ1v) is 10.3. The fraction of sp³-hybridized carbons (Fsp3) is 0.304. The molecule has 5 rings (SSSR count). The summed E-state index contributed by atoms with van der Waals surface area (Å²) in [5.41, 5.74) is 4.98. The van der Waals surface area contributed by atoms with Gasteiger partial charge < -0.3 is 15.0 Å². The van der Waals surface area contributed by atoms with Gasteiger partial charge in [-0.1, -0.05) is 41.9 Å².